The molecule has 8 nitrogen and oxygen atoms in total. The molecule has 0 aliphatic carbocycles. The fourth-order valence-corrected chi connectivity index (χ4v) is 4.02. The van der Waals surface area contributed by atoms with Crippen LogP contribution in [0.3, 0.4) is 0 Å². The van der Waals surface area contributed by atoms with Crippen LogP contribution in [0.25, 0.3) is 0 Å². The molecule has 0 bridgehead atoms. The highest BCUT2D eigenvalue weighted by molar-refractivity contribution is 7.89. The number of hydrogen-bond acceptors (Lipinski definition) is 5. The van der Waals surface area contributed by atoms with E-state index in [2.05, 4.69) is 0 Å². The van der Waals surface area contributed by atoms with E-state index in [0.717, 1.165) is 16.4 Å². The molecule has 1 N–H and O–H groups in total. The molecule has 1 saturated heterocycles. The standard InChI is InChI=1S/C14H20N2O6S/c1-9(2)15(3)13(17)10-5-4-8-16(10)23(20,21)12-7-6-11(22-12)14(18)19/h6-7,9-10H,4-5,8H2,1-3H3,(H,18,19). The Hall–Kier alpha value is -1.87. The van der Waals surface area contributed by atoms with Gasteiger partial charge in [-0.3, -0.25) is 4.79 Å². The molecule has 1 unspecified atom stereocenters. The number of carboxylic acids is 1. The molecule has 1 aliphatic heterocycles. The van der Waals surface area contributed by atoms with E-state index in [1.807, 2.05) is 13.8 Å². The molecule has 2 heterocycles. The van der Waals surface area contributed by atoms with Gasteiger partial charge < -0.3 is 14.4 Å². The third kappa shape index (κ3) is 3.25. The van der Waals surface area contributed by atoms with Crippen molar-refractivity contribution < 1.29 is 27.5 Å². The number of likely N-dealkylation sites (N-methyl/N-ethyl adjacent to an activating group) is 1. The normalized spacial score (nSPS) is 19.2. The summed E-state index contributed by atoms with van der Waals surface area (Å²) < 4.78 is 31.3. The lowest BCUT2D eigenvalue weighted by Gasteiger charge is -2.29. The number of rotatable bonds is 5. The smallest absolute Gasteiger partial charge is 0.371 e. The summed E-state index contributed by atoms with van der Waals surface area (Å²) in [5, 5.41) is 8.38. The van der Waals surface area contributed by atoms with Crippen molar-refractivity contribution in [3.05, 3.63) is 17.9 Å². The van der Waals surface area contributed by atoms with E-state index in [1.165, 1.54) is 4.90 Å². The molecule has 1 aliphatic rings. The lowest BCUT2D eigenvalue weighted by molar-refractivity contribution is -0.134. The van der Waals surface area contributed by atoms with Crippen LogP contribution in [0.15, 0.2) is 21.6 Å². The van der Waals surface area contributed by atoms with Gasteiger partial charge in [0.2, 0.25) is 16.8 Å². The van der Waals surface area contributed by atoms with Crippen molar-refractivity contribution in [2.45, 2.75) is 43.9 Å². The molecule has 128 valence electrons. The minimum Gasteiger partial charge on any atom is -0.475 e. The minimum atomic E-state index is -4.05. The van der Waals surface area contributed by atoms with Crippen molar-refractivity contribution >= 4 is 21.9 Å². The second-order valence-electron chi connectivity index (χ2n) is 5.74. The Labute approximate surface area is 134 Å². The van der Waals surface area contributed by atoms with Crippen molar-refractivity contribution in [1.29, 1.82) is 0 Å². The molecular formula is C14H20N2O6S. The van der Waals surface area contributed by atoms with E-state index in [9.17, 15) is 18.0 Å². The topological polar surface area (TPSA) is 108 Å². The van der Waals surface area contributed by atoms with Crippen molar-refractivity contribution in [2.24, 2.45) is 0 Å². The van der Waals surface area contributed by atoms with Gasteiger partial charge in [0.1, 0.15) is 6.04 Å². The summed E-state index contributed by atoms with van der Waals surface area (Å²) in [6, 6.07) is 1.35. The Bertz CT molecular complexity index is 709. The van der Waals surface area contributed by atoms with E-state index in [0.29, 0.717) is 12.8 Å². The quantitative estimate of drug-likeness (QED) is 0.853. The van der Waals surface area contributed by atoms with Crippen LogP contribution < -0.4 is 0 Å². The SMILES string of the molecule is CC(C)N(C)C(=O)C1CCCN1S(=O)(=O)c1ccc(C(=O)O)o1. The molecule has 1 atom stereocenters. The zero-order valence-corrected chi connectivity index (χ0v) is 14.0. The highest BCUT2D eigenvalue weighted by Gasteiger charge is 2.42. The van der Waals surface area contributed by atoms with Gasteiger partial charge in [0.15, 0.2) is 0 Å². The molecule has 1 aromatic rings. The zero-order valence-electron chi connectivity index (χ0n) is 13.2. The van der Waals surface area contributed by atoms with Gasteiger partial charge in [-0.05, 0) is 38.8 Å². The zero-order chi connectivity index (χ0) is 17.4. The maximum atomic E-state index is 12.6. The van der Waals surface area contributed by atoms with Crippen LogP contribution in [0, 0.1) is 0 Å². The number of amides is 1. The highest BCUT2D eigenvalue weighted by atomic mass is 32.2. The molecule has 0 aromatic carbocycles. The Morgan fingerprint density at radius 1 is 1.39 bits per heavy atom. The maximum absolute atomic E-state index is 12.6. The van der Waals surface area contributed by atoms with Gasteiger partial charge >= 0.3 is 5.97 Å². The molecular weight excluding hydrogens is 324 g/mol. The molecule has 0 spiro atoms. The summed E-state index contributed by atoms with van der Waals surface area (Å²) in [7, 11) is -2.42. The van der Waals surface area contributed by atoms with E-state index < -0.39 is 32.9 Å². The van der Waals surface area contributed by atoms with Crippen molar-refractivity contribution in [3.63, 3.8) is 0 Å². The molecule has 23 heavy (non-hydrogen) atoms. The second-order valence-corrected chi connectivity index (χ2v) is 7.56. The number of carboxylic acid groups (broad SMARTS) is 1. The maximum Gasteiger partial charge on any atom is 0.371 e. The van der Waals surface area contributed by atoms with E-state index in [-0.39, 0.29) is 18.5 Å². The molecule has 1 amide bonds. The van der Waals surface area contributed by atoms with Gasteiger partial charge in [-0.15, -0.1) is 0 Å². The van der Waals surface area contributed by atoms with Crippen LogP contribution in [-0.2, 0) is 14.8 Å². The predicted molar refractivity (Wildman–Crippen MR) is 80.5 cm³/mol. The van der Waals surface area contributed by atoms with Gasteiger partial charge in [0, 0.05) is 19.6 Å². The summed E-state index contributed by atoms with van der Waals surface area (Å²) in [5.41, 5.74) is 0. The van der Waals surface area contributed by atoms with E-state index >= 15 is 0 Å². The number of hydrogen-bond donors (Lipinski definition) is 1. The van der Waals surface area contributed by atoms with Crippen molar-refractivity contribution in [1.82, 2.24) is 9.21 Å². The largest absolute Gasteiger partial charge is 0.475 e. The van der Waals surface area contributed by atoms with Gasteiger partial charge in [-0.25, -0.2) is 13.2 Å². The van der Waals surface area contributed by atoms with Gasteiger partial charge in [0.05, 0.1) is 0 Å². The fourth-order valence-electron chi connectivity index (χ4n) is 2.45. The average Bonchev–Trinajstić information content (AvgIpc) is 3.14. The third-order valence-electron chi connectivity index (χ3n) is 3.97. The lowest BCUT2D eigenvalue weighted by atomic mass is 10.2. The molecule has 0 saturated carbocycles. The molecule has 1 fully saturated rings. The van der Waals surface area contributed by atoms with Crippen molar-refractivity contribution in [2.75, 3.05) is 13.6 Å². The first-order valence-electron chi connectivity index (χ1n) is 7.28. The Morgan fingerprint density at radius 2 is 2.04 bits per heavy atom. The fraction of sp³-hybridized carbons (Fsp3) is 0.571. The number of carbonyl (C=O) groups excluding carboxylic acids is 1. The third-order valence-corrected chi connectivity index (χ3v) is 5.75. The average molecular weight is 344 g/mol. The van der Waals surface area contributed by atoms with Gasteiger partial charge in [0.25, 0.3) is 10.0 Å². The van der Waals surface area contributed by atoms with Crippen LogP contribution in [0.4, 0.5) is 0 Å². The Balaban J connectivity index is 2.30. The minimum absolute atomic E-state index is 0.0464. The van der Waals surface area contributed by atoms with E-state index in [1.54, 1.807) is 7.05 Å². The summed E-state index contributed by atoms with van der Waals surface area (Å²) in [6.45, 7) is 3.89. The van der Waals surface area contributed by atoms with Gasteiger partial charge in [-0.1, -0.05) is 0 Å². The number of aromatic carboxylic acids is 1. The number of nitrogens with zero attached hydrogens (tertiary/aromatic N) is 2. The van der Waals surface area contributed by atoms with Crippen LogP contribution in [0.2, 0.25) is 0 Å². The number of carbonyl (C=O) groups is 2. The van der Waals surface area contributed by atoms with Crippen LogP contribution in [0.5, 0.6) is 0 Å². The summed E-state index contributed by atoms with van der Waals surface area (Å²) >= 11 is 0. The second kappa shape index (κ2) is 6.32. The van der Waals surface area contributed by atoms with Crippen molar-refractivity contribution in [3.8, 4) is 0 Å². The van der Waals surface area contributed by atoms with Gasteiger partial charge in [-0.2, -0.15) is 4.31 Å². The molecule has 2 rings (SSSR count). The lowest BCUT2D eigenvalue weighted by Crippen LogP contribution is -2.48. The van der Waals surface area contributed by atoms with E-state index in [4.69, 9.17) is 9.52 Å². The first-order valence-corrected chi connectivity index (χ1v) is 8.72. The highest BCUT2D eigenvalue weighted by Crippen LogP contribution is 2.28. The molecule has 9 heteroatoms. The number of sulfonamides is 1. The number of furan rings is 1. The Morgan fingerprint density at radius 3 is 2.57 bits per heavy atom. The summed E-state index contributed by atoms with van der Waals surface area (Å²) in [5.74, 6) is -2.07. The first-order chi connectivity index (χ1) is 10.7. The molecule has 1 aromatic heterocycles. The van der Waals surface area contributed by atoms with Crippen LogP contribution >= 0.6 is 0 Å². The predicted octanol–water partition coefficient (Wildman–Crippen LogP) is 0.998. The summed E-state index contributed by atoms with van der Waals surface area (Å²) in [6.07, 6.45) is 0.996. The van der Waals surface area contributed by atoms with Crippen LogP contribution in [-0.4, -0.2) is 60.3 Å². The summed E-state index contributed by atoms with van der Waals surface area (Å²) in [4.78, 5) is 24.8. The Kier molecular flexibility index (Phi) is 4.81. The molecule has 0 radical (unpaired) electrons. The van der Waals surface area contributed by atoms with Crippen LogP contribution in [0.1, 0.15) is 37.2 Å². The first kappa shape index (κ1) is 17.5. The monoisotopic (exact) mass is 344 g/mol.